The van der Waals surface area contributed by atoms with Crippen LogP contribution in [0.5, 0.6) is 0 Å². The summed E-state index contributed by atoms with van der Waals surface area (Å²) in [5.41, 5.74) is 1.15. The van der Waals surface area contributed by atoms with Gasteiger partial charge in [0, 0.05) is 17.1 Å². The smallest absolute Gasteiger partial charge is 0.110 e. The number of thiazole rings is 1. The van der Waals surface area contributed by atoms with Crippen LogP contribution in [0.15, 0.2) is 5.38 Å². The molecule has 1 aromatic rings. The Balaban J connectivity index is 1.95. The molecule has 1 aromatic heterocycles. The van der Waals surface area contributed by atoms with Crippen molar-refractivity contribution in [1.82, 2.24) is 10.3 Å². The van der Waals surface area contributed by atoms with Gasteiger partial charge in [-0.05, 0) is 38.5 Å². The third kappa shape index (κ3) is 2.83. The molecule has 1 heterocycles. The molecule has 16 heavy (non-hydrogen) atoms. The minimum Gasteiger partial charge on any atom is -0.305 e. The maximum absolute atomic E-state index is 4.60. The molecule has 2 nitrogen and oxygen atoms in total. The largest absolute Gasteiger partial charge is 0.305 e. The molecule has 1 aliphatic carbocycles. The first kappa shape index (κ1) is 12.1. The molecule has 1 fully saturated rings. The summed E-state index contributed by atoms with van der Waals surface area (Å²) < 4.78 is 0. The number of aryl methyl sites for hydroxylation is 1. The van der Waals surface area contributed by atoms with E-state index in [1.807, 2.05) is 0 Å². The molecule has 0 radical (unpaired) electrons. The summed E-state index contributed by atoms with van der Waals surface area (Å²) in [6.07, 6.45) is 5.19. The number of nitrogens with zero attached hydrogens (tertiary/aromatic N) is 1. The van der Waals surface area contributed by atoms with E-state index in [1.54, 1.807) is 11.3 Å². The molecule has 0 bridgehead atoms. The fourth-order valence-electron chi connectivity index (χ4n) is 2.54. The Bertz CT molecular complexity index is 334. The van der Waals surface area contributed by atoms with E-state index in [2.05, 4.69) is 36.5 Å². The van der Waals surface area contributed by atoms with Gasteiger partial charge in [-0.3, -0.25) is 0 Å². The molecule has 3 unspecified atom stereocenters. The van der Waals surface area contributed by atoms with E-state index in [9.17, 15) is 0 Å². The molecule has 3 atom stereocenters. The van der Waals surface area contributed by atoms with Crippen molar-refractivity contribution >= 4 is 11.3 Å². The Kier molecular flexibility index (Phi) is 3.98. The lowest BCUT2D eigenvalue weighted by Crippen LogP contribution is -2.30. The Morgan fingerprint density at radius 1 is 1.56 bits per heavy atom. The summed E-state index contributed by atoms with van der Waals surface area (Å²) >= 11 is 1.79. The highest BCUT2D eigenvalue weighted by Gasteiger charge is 2.24. The predicted molar refractivity (Wildman–Crippen MR) is 69.8 cm³/mol. The van der Waals surface area contributed by atoms with E-state index in [0.29, 0.717) is 12.1 Å². The molecule has 3 heteroatoms. The Morgan fingerprint density at radius 2 is 2.38 bits per heavy atom. The van der Waals surface area contributed by atoms with E-state index in [4.69, 9.17) is 0 Å². The van der Waals surface area contributed by atoms with Crippen LogP contribution in [0.2, 0.25) is 0 Å². The second kappa shape index (κ2) is 5.28. The summed E-state index contributed by atoms with van der Waals surface area (Å²) in [7, 11) is 0. The number of hydrogen-bond donors (Lipinski definition) is 1. The Labute approximate surface area is 102 Å². The van der Waals surface area contributed by atoms with Gasteiger partial charge in [-0.15, -0.1) is 11.3 Å². The molecule has 0 aromatic carbocycles. The zero-order valence-electron chi connectivity index (χ0n) is 10.5. The first-order valence-electron chi connectivity index (χ1n) is 6.37. The van der Waals surface area contributed by atoms with E-state index in [0.717, 1.165) is 18.0 Å². The van der Waals surface area contributed by atoms with E-state index in [1.165, 1.54) is 24.3 Å². The van der Waals surface area contributed by atoms with Gasteiger partial charge >= 0.3 is 0 Å². The lowest BCUT2D eigenvalue weighted by molar-refractivity contribution is 0.420. The summed E-state index contributed by atoms with van der Waals surface area (Å²) in [5, 5.41) is 7.19. The lowest BCUT2D eigenvalue weighted by atomic mass is 10.1. The van der Waals surface area contributed by atoms with Crippen LogP contribution in [0, 0.1) is 12.8 Å². The van der Waals surface area contributed by atoms with Crippen molar-refractivity contribution in [3.05, 3.63) is 16.1 Å². The quantitative estimate of drug-likeness (QED) is 0.865. The molecular weight excluding hydrogens is 216 g/mol. The molecule has 90 valence electrons. The number of rotatable bonds is 4. The van der Waals surface area contributed by atoms with Crippen LogP contribution in [0.4, 0.5) is 0 Å². The SMILES string of the molecule is CCC(NC1CCC(C)C1)c1nc(C)cs1. The van der Waals surface area contributed by atoms with Gasteiger partial charge in [0.2, 0.25) is 0 Å². The predicted octanol–water partition coefficient (Wildman–Crippen LogP) is 3.68. The summed E-state index contributed by atoms with van der Waals surface area (Å²) in [4.78, 5) is 4.60. The molecule has 0 amide bonds. The standard InChI is InChI=1S/C13H22N2S/c1-4-12(13-14-10(3)8-16-13)15-11-6-5-9(2)7-11/h8-9,11-12,15H,4-7H2,1-3H3. The molecule has 2 rings (SSSR count). The Morgan fingerprint density at radius 3 is 2.88 bits per heavy atom. The molecule has 0 spiro atoms. The highest BCUT2D eigenvalue weighted by Crippen LogP contribution is 2.28. The molecule has 1 saturated carbocycles. The normalized spacial score (nSPS) is 27.2. The Hall–Kier alpha value is -0.410. The molecule has 0 aliphatic heterocycles. The molecule has 1 aliphatic rings. The maximum Gasteiger partial charge on any atom is 0.110 e. The average molecular weight is 238 g/mol. The monoisotopic (exact) mass is 238 g/mol. The van der Waals surface area contributed by atoms with Crippen LogP contribution >= 0.6 is 11.3 Å². The summed E-state index contributed by atoms with van der Waals surface area (Å²) in [5.74, 6) is 0.896. The fourth-order valence-corrected chi connectivity index (χ4v) is 3.48. The first-order valence-corrected chi connectivity index (χ1v) is 7.25. The summed E-state index contributed by atoms with van der Waals surface area (Å²) in [6.45, 7) is 6.67. The molecular formula is C13H22N2S. The van der Waals surface area contributed by atoms with Crippen molar-refractivity contribution in [3.8, 4) is 0 Å². The van der Waals surface area contributed by atoms with Crippen molar-refractivity contribution in [2.45, 2.75) is 58.5 Å². The number of hydrogen-bond acceptors (Lipinski definition) is 3. The maximum atomic E-state index is 4.60. The third-order valence-corrected chi connectivity index (χ3v) is 4.55. The van der Waals surface area contributed by atoms with Crippen molar-refractivity contribution in [2.75, 3.05) is 0 Å². The lowest BCUT2D eigenvalue weighted by Gasteiger charge is -2.20. The van der Waals surface area contributed by atoms with Gasteiger partial charge in [0.1, 0.15) is 5.01 Å². The van der Waals surface area contributed by atoms with Gasteiger partial charge in [0.15, 0.2) is 0 Å². The minimum atomic E-state index is 0.467. The van der Waals surface area contributed by atoms with E-state index >= 15 is 0 Å². The third-order valence-electron chi connectivity index (χ3n) is 3.47. The van der Waals surface area contributed by atoms with Crippen LogP contribution in [0.1, 0.15) is 56.3 Å². The zero-order valence-corrected chi connectivity index (χ0v) is 11.3. The van der Waals surface area contributed by atoms with Crippen LogP contribution in [-0.2, 0) is 0 Å². The summed E-state index contributed by atoms with van der Waals surface area (Å²) in [6, 6.07) is 1.18. The van der Waals surface area contributed by atoms with Crippen molar-refractivity contribution in [1.29, 1.82) is 0 Å². The van der Waals surface area contributed by atoms with Gasteiger partial charge in [-0.1, -0.05) is 13.8 Å². The van der Waals surface area contributed by atoms with Gasteiger partial charge in [-0.2, -0.15) is 0 Å². The second-order valence-corrected chi connectivity index (χ2v) is 5.96. The number of aromatic nitrogens is 1. The van der Waals surface area contributed by atoms with Gasteiger partial charge < -0.3 is 5.32 Å². The second-order valence-electron chi connectivity index (χ2n) is 5.07. The highest BCUT2D eigenvalue weighted by atomic mass is 32.1. The van der Waals surface area contributed by atoms with Crippen LogP contribution < -0.4 is 5.32 Å². The van der Waals surface area contributed by atoms with Crippen LogP contribution in [0.3, 0.4) is 0 Å². The average Bonchev–Trinajstić information content (AvgIpc) is 2.84. The fraction of sp³-hybridized carbons (Fsp3) is 0.769. The van der Waals surface area contributed by atoms with Crippen molar-refractivity contribution in [2.24, 2.45) is 5.92 Å². The van der Waals surface area contributed by atoms with Crippen molar-refractivity contribution < 1.29 is 0 Å². The van der Waals surface area contributed by atoms with Crippen LogP contribution in [-0.4, -0.2) is 11.0 Å². The first-order chi connectivity index (χ1) is 7.69. The van der Waals surface area contributed by atoms with Gasteiger partial charge in [0.25, 0.3) is 0 Å². The van der Waals surface area contributed by atoms with Gasteiger partial charge in [0.05, 0.1) is 6.04 Å². The highest BCUT2D eigenvalue weighted by molar-refractivity contribution is 7.09. The van der Waals surface area contributed by atoms with Gasteiger partial charge in [-0.25, -0.2) is 4.98 Å². The molecule has 0 saturated heterocycles. The van der Waals surface area contributed by atoms with Crippen molar-refractivity contribution in [3.63, 3.8) is 0 Å². The zero-order chi connectivity index (χ0) is 11.5. The topological polar surface area (TPSA) is 24.9 Å². The minimum absolute atomic E-state index is 0.467. The molecule has 1 N–H and O–H groups in total. The van der Waals surface area contributed by atoms with E-state index < -0.39 is 0 Å². The van der Waals surface area contributed by atoms with E-state index in [-0.39, 0.29) is 0 Å². The number of nitrogens with one attached hydrogen (secondary N) is 1. The van der Waals surface area contributed by atoms with Crippen LogP contribution in [0.25, 0.3) is 0 Å².